The fourth-order valence-corrected chi connectivity index (χ4v) is 5.08. The maximum atomic E-state index is 13.4. The number of fused-ring (bicyclic) bond motifs is 1. The van der Waals surface area contributed by atoms with Gasteiger partial charge in [-0.25, -0.2) is 4.98 Å². The molecular weight excluding hydrogens is 478 g/mol. The molecule has 192 valence electrons. The Kier molecular flexibility index (Phi) is 9.16. The standard InChI is InChI=1S/C27H33N3O5S/c1-4-35-21-8-9-22-25(19-21)36-27(28-22)30(13-5-12-29-14-16-34-17-15-29)26(31)11-7-20-6-10-23(32-2)24(18-20)33-3/h6-11,18-19H,4-5,12-17H2,1-3H3/b11-7+. The average molecular weight is 512 g/mol. The molecule has 2 aromatic carbocycles. The number of benzene rings is 2. The summed E-state index contributed by atoms with van der Waals surface area (Å²) in [4.78, 5) is 22.3. The second-order valence-electron chi connectivity index (χ2n) is 8.30. The van der Waals surface area contributed by atoms with Crippen molar-refractivity contribution in [1.29, 1.82) is 0 Å². The Morgan fingerprint density at radius 2 is 1.94 bits per heavy atom. The van der Waals surface area contributed by atoms with Gasteiger partial charge in [-0.05, 0) is 55.3 Å². The summed E-state index contributed by atoms with van der Waals surface area (Å²) in [5.74, 6) is 1.95. The van der Waals surface area contributed by atoms with Crippen LogP contribution in [-0.2, 0) is 9.53 Å². The van der Waals surface area contributed by atoms with E-state index in [4.69, 9.17) is 23.9 Å². The van der Waals surface area contributed by atoms with Crippen LogP contribution in [-0.4, -0.2) is 76.0 Å². The number of amides is 1. The van der Waals surface area contributed by atoms with Gasteiger partial charge in [0.1, 0.15) is 5.75 Å². The quantitative estimate of drug-likeness (QED) is 0.352. The van der Waals surface area contributed by atoms with Crippen LogP contribution in [0, 0.1) is 0 Å². The number of rotatable bonds is 11. The van der Waals surface area contributed by atoms with E-state index in [1.807, 2.05) is 43.3 Å². The number of hydrogen-bond acceptors (Lipinski definition) is 8. The van der Waals surface area contributed by atoms with Crippen LogP contribution >= 0.6 is 11.3 Å². The van der Waals surface area contributed by atoms with Crippen LogP contribution in [0.25, 0.3) is 16.3 Å². The maximum absolute atomic E-state index is 13.4. The molecule has 8 nitrogen and oxygen atoms in total. The number of anilines is 1. The molecule has 9 heteroatoms. The zero-order chi connectivity index (χ0) is 25.3. The minimum absolute atomic E-state index is 0.115. The minimum atomic E-state index is -0.115. The topological polar surface area (TPSA) is 73.4 Å². The monoisotopic (exact) mass is 511 g/mol. The second kappa shape index (κ2) is 12.7. The molecule has 0 radical (unpaired) electrons. The van der Waals surface area contributed by atoms with Crippen LogP contribution in [0.3, 0.4) is 0 Å². The Morgan fingerprint density at radius 1 is 1.14 bits per heavy atom. The highest BCUT2D eigenvalue weighted by molar-refractivity contribution is 7.22. The van der Waals surface area contributed by atoms with Crippen molar-refractivity contribution >= 4 is 38.7 Å². The highest BCUT2D eigenvalue weighted by Crippen LogP contribution is 2.32. The molecule has 0 unspecified atom stereocenters. The molecule has 0 N–H and O–H groups in total. The van der Waals surface area contributed by atoms with Gasteiger partial charge in [0.2, 0.25) is 0 Å². The number of methoxy groups -OCH3 is 2. The lowest BCUT2D eigenvalue weighted by Crippen LogP contribution is -2.39. The Labute approximate surface area is 216 Å². The number of nitrogens with zero attached hydrogens (tertiary/aromatic N) is 3. The van der Waals surface area contributed by atoms with Crippen molar-refractivity contribution in [3.63, 3.8) is 0 Å². The third kappa shape index (κ3) is 6.54. The summed E-state index contributed by atoms with van der Waals surface area (Å²) in [6.45, 7) is 7.42. The van der Waals surface area contributed by atoms with E-state index in [1.54, 1.807) is 31.3 Å². The average Bonchev–Trinajstić information content (AvgIpc) is 3.33. The molecule has 1 aliphatic rings. The van der Waals surface area contributed by atoms with E-state index in [1.165, 1.54) is 11.3 Å². The summed E-state index contributed by atoms with van der Waals surface area (Å²) >= 11 is 1.50. The van der Waals surface area contributed by atoms with Crippen molar-refractivity contribution in [1.82, 2.24) is 9.88 Å². The van der Waals surface area contributed by atoms with E-state index in [0.717, 1.165) is 60.8 Å². The van der Waals surface area contributed by atoms with Gasteiger partial charge in [0, 0.05) is 32.3 Å². The first kappa shape index (κ1) is 25.9. The predicted molar refractivity (Wildman–Crippen MR) is 144 cm³/mol. The van der Waals surface area contributed by atoms with E-state index in [0.29, 0.717) is 29.8 Å². The summed E-state index contributed by atoms with van der Waals surface area (Å²) in [7, 11) is 3.19. The number of carbonyl (C=O) groups is 1. The molecule has 1 aliphatic heterocycles. The van der Waals surface area contributed by atoms with Crippen molar-refractivity contribution in [3.05, 3.63) is 48.0 Å². The van der Waals surface area contributed by atoms with Crippen molar-refractivity contribution < 1.29 is 23.7 Å². The maximum Gasteiger partial charge on any atom is 0.252 e. The highest BCUT2D eigenvalue weighted by Gasteiger charge is 2.19. The first-order valence-corrected chi connectivity index (χ1v) is 13.0. The third-order valence-electron chi connectivity index (χ3n) is 5.94. The lowest BCUT2D eigenvalue weighted by molar-refractivity contribution is -0.114. The molecule has 0 atom stereocenters. The number of hydrogen-bond donors (Lipinski definition) is 0. The van der Waals surface area contributed by atoms with Gasteiger partial charge in [0.25, 0.3) is 5.91 Å². The van der Waals surface area contributed by atoms with E-state index < -0.39 is 0 Å². The zero-order valence-corrected chi connectivity index (χ0v) is 21.9. The summed E-state index contributed by atoms with van der Waals surface area (Å²) in [6.07, 6.45) is 4.23. The minimum Gasteiger partial charge on any atom is -0.494 e. The number of aromatic nitrogens is 1. The van der Waals surface area contributed by atoms with Gasteiger partial charge in [-0.3, -0.25) is 14.6 Å². The van der Waals surface area contributed by atoms with Crippen LogP contribution in [0.5, 0.6) is 17.2 Å². The fourth-order valence-electron chi connectivity index (χ4n) is 4.06. The molecule has 4 rings (SSSR count). The number of ether oxygens (including phenoxy) is 4. The summed E-state index contributed by atoms with van der Waals surface area (Å²) in [5, 5.41) is 0.683. The Morgan fingerprint density at radius 3 is 2.69 bits per heavy atom. The first-order valence-electron chi connectivity index (χ1n) is 12.2. The second-order valence-corrected chi connectivity index (χ2v) is 9.31. The number of morpholine rings is 1. The lowest BCUT2D eigenvalue weighted by Gasteiger charge is -2.27. The van der Waals surface area contributed by atoms with E-state index in [9.17, 15) is 4.79 Å². The summed E-state index contributed by atoms with van der Waals surface area (Å²) in [6, 6.07) is 11.4. The van der Waals surface area contributed by atoms with Gasteiger partial charge in [-0.2, -0.15) is 0 Å². The van der Waals surface area contributed by atoms with Crippen LogP contribution in [0.1, 0.15) is 18.9 Å². The lowest BCUT2D eigenvalue weighted by atomic mass is 10.2. The molecule has 0 aliphatic carbocycles. The molecule has 2 heterocycles. The largest absolute Gasteiger partial charge is 0.494 e. The van der Waals surface area contributed by atoms with Gasteiger partial charge in [-0.15, -0.1) is 0 Å². The molecule has 1 amide bonds. The van der Waals surface area contributed by atoms with Crippen molar-refractivity contribution in [2.24, 2.45) is 0 Å². The summed E-state index contributed by atoms with van der Waals surface area (Å²) < 4.78 is 22.8. The normalized spacial score (nSPS) is 14.3. The molecule has 36 heavy (non-hydrogen) atoms. The Bertz CT molecular complexity index is 1190. The first-order chi connectivity index (χ1) is 17.6. The number of thiazole rings is 1. The zero-order valence-electron chi connectivity index (χ0n) is 21.1. The van der Waals surface area contributed by atoms with E-state index >= 15 is 0 Å². The summed E-state index contributed by atoms with van der Waals surface area (Å²) in [5.41, 5.74) is 1.70. The fraction of sp³-hybridized carbons (Fsp3) is 0.407. The van der Waals surface area contributed by atoms with E-state index in [2.05, 4.69) is 4.90 Å². The van der Waals surface area contributed by atoms with Crippen molar-refractivity contribution in [3.8, 4) is 17.2 Å². The molecule has 0 saturated carbocycles. The Hall–Kier alpha value is -3.14. The van der Waals surface area contributed by atoms with Crippen LogP contribution in [0.15, 0.2) is 42.5 Å². The third-order valence-corrected chi connectivity index (χ3v) is 6.98. The predicted octanol–water partition coefficient (Wildman–Crippen LogP) is 4.48. The molecule has 1 saturated heterocycles. The van der Waals surface area contributed by atoms with Gasteiger partial charge >= 0.3 is 0 Å². The van der Waals surface area contributed by atoms with Gasteiger partial charge in [-0.1, -0.05) is 17.4 Å². The van der Waals surface area contributed by atoms with Gasteiger partial charge < -0.3 is 18.9 Å². The Balaban J connectivity index is 1.54. The molecule has 1 fully saturated rings. The van der Waals surface area contributed by atoms with Crippen LogP contribution in [0.4, 0.5) is 5.13 Å². The molecule has 0 bridgehead atoms. The van der Waals surface area contributed by atoms with Gasteiger partial charge in [0.05, 0.1) is 44.3 Å². The number of carbonyl (C=O) groups excluding carboxylic acids is 1. The highest BCUT2D eigenvalue weighted by atomic mass is 32.1. The SMILES string of the molecule is CCOc1ccc2nc(N(CCCN3CCOCC3)C(=O)/C=C/c3ccc(OC)c(OC)c3)sc2c1. The van der Waals surface area contributed by atoms with Crippen LogP contribution < -0.4 is 19.1 Å². The van der Waals surface area contributed by atoms with Crippen molar-refractivity contribution in [2.75, 3.05) is 65.1 Å². The van der Waals surface area contributed by atoms with Gasteiger partial charge in [0.15, 0.2) is 16.6 Å². The molecule has 0 spiro atoms. The van der Waals surface area contributed by atoms with Crippen molar-refractivity contribution in [2.45, 2.75) is 13.3 Å². The molecular formula is C27H33N3O5S. The molecule has 3 aromatic rings. The molecule has 1 aromatic heterocycles. The van der Waals surface area contributed by atoms with E-state index in [-0.39, 0.29) is 5.91 Å². The van der Waals surface area contributed by atoms with Crippen LogP contribution in [0.2, 0.25) is 0 Å². The smallest absolute Gasteiger partial charge is 0.252 e.